The Labute approximate surface area is 125 Å². The zero-order valence-electron chi connectivity index (χ0n) is 10.6. The lowest BCUT2D eigenvalue weighted by molar-refractivity contribution is 0.570. The number of nitrogens with two attached hydrogens (primary N) is 1. The number of anilines is 1. The minimum atomic E-state index is -3.72. The van der Waals surface area contributed by atoms with Crippen LogP contribution < -0.4 is 10.5 Å². The van der Waals surface area contributed by atoms with Gasteiger partial charge in [0.15, 0.2) is 0 Å². The van der Waals surface area contributed by atoms with E-state index in [-0.39, 0.29) is 21.1 Å². The molecule has 0 saturated carbocycles. The highest BCUT2D eigenvalue weighted by molar-refractivity contribution is 9.10. The van der Waals surface area contributed by atoms with Gasteiger partial charge in [-0.2, -0.15) is 11.8 Å². The summed E-state index contributed by atoms with van der Waals surface area (Å²) in [5.74, 6) is 0.934. The molecule has 1 aromatic rings. The molecule has 0 aliphatic carbocycles. The Balaban J connectivity index is 2.98. The average Bonchev–Trinajstić information content (AvgIpc) is 2.30. The van der Waals surface area contributed by atoms with Crippen LogP contribution in [0.2, 0.25) is 0 Å². The fourth-order valence-corrected chi connectivity index (χ4v) is 4.48. The van der Waals surface area contributed by atoms with Gasteiger partial charge in [-0.15, -0.1) is 0 Å². The Kier molecular flexibility index (Phi) is 6.10. The van der Waals surface area contributed by atoms with Crippen molar-refractivity contribution in [3.63, 3.8) is 0 Å². The second-order valence-corrected chi connectivity index (χ2v) is 7.84. The zero-order chi connectivity index (χ0) is 14.6. The maximum atomic E-state index is 13.2. The highest BCUT2D eigenvalue weighted by Gasteiger charge is 2.21. The van der Waals surface area contributed by atoms with Crippen molar-refractivity contribution < 1.29 is 12.8 Å². The molecule has 0 saturated heterocycles. The molecule has 19 heavy (non-hydrogen) atoms. The quantitative estimate of drug-likeness (QED) is 0.754. The maximum absolute atomic E-state index is 13.2. The van der Waals surface area contributed by atoms with Crippen molar-refractivity contribution in [3.8, 4) is 0 Å². The maximum Gasteiger partial charge on any atom is 0.242 e. The molecule has 0 amide bonds. The van der Waals surface area contributed by atoms with Gasteiger partial charge in [-0.05, 0) is 40.7 Å². The van der Waals surface area contributed by atoms with Gasteiger partial charge < -0.3 is 5.73 Å². The average molecular weight is 371 g/mol. The number of nitrogens with one attached hydrogen (secondary N) is 1. The highest BCUT2D eigenvalue weighted by atomic mass is 79.9. The van der Waals surface area contributed by atoms with Crippen molar-refractivity contribution in [2.24, 2.45) is 0 Å². The molecular weight excluding hydrogens is 355 g/mol. The largest absolute Gasteiger partial charge is 0.396 e. The predicted octanol–water partition coefficient (Wildman–Crippen LogP) is 2.59. The Morgan fingerprint density at radius 2 is 2.16 bits per heavy atom. The molecule has 0 aliphatic heterocycles. The molecule has 1 unspecified atom stereocenters. The van der Waals surface area contributed by atoms with Gasteiger partial charge in [0.05, 0.1) is 10.6 Å². The van der Waals surface area contributed by atoms with Crippen molar-refractivity contribution >= 4 is 43.4 Å². The van der Waals surface area contributed by atoms with E-state index < -0.39 is 15.8 Å². The van der Waals surface area contributed by atoms with E-state index in [0.717, 1.165) is 17.9 Å². The first-order valence-corrected chi connectivity index (χ1v) is 9.05. The van der Waals surface area contributed by atoms with Crippen LogP contribution in [0.4, 0.5) is 10.1 Å². The lowest BCUT2D eigenvalue weighted by Gasteiger charge is -2.15. The number of hydrogen-bond donors (Lipinski definition) is 2. The Morgan fingerprint density at radius 1 is 1.53 bits per heavy atom. The molecule has 1 aromatic carbocycles. The Bertz CT molecular complexity index is 552. The van der Waals surface area contributed by atoms with E-state index in [1.807, 2.05) is 6.92 Å². The number of hydrogen-bond acceptors (Lipinski definition) is 4. The first-order chi connectivity index (χ1) is 8.77. The van der Waals surface area contributed by atoms with Gasteiger partial charge >= 0.3 is 0 Å². The van der Waals surface area contributed by atoms with E-state index in [0.29, 0.717) is 5.75 Å². The van der Waals surface area contributed by atoms with Gasteiger partial charge in [-0.25, -0.2) is 17.5 Å². The number of benzene rings is 1. The molecule has 1 rings (SSSR count). The van der Waals surface area contributed by atoms with Crippen LogP contribution in [0.25, 0.3) is 0 Å². The first-order valence-electron chi connectivity index (χ1n) is 5.62. The molecule has 0 aromatic heterocycles. The second kappa shape index (κ2) is 6.92. The minimum Gasteiger partial charge on any atom is -0.396 e. The van der Waals surface area contributed by atoms with Gasteiger partial charge in [-0.3, -0.25) is 0 Å². The van der Waals surface area contributed by atoms with Crippen LogP contribution in [0.1, 0.15) is 13.8 Å². The molecule has 0 radical (unpaired) electrons. The molecule has 0 heterocycles. The normalized spacial score (nSPS) is 13.5. The van der Waals surface area contributed by atoms with Crippen molar-refractivity contribution in [3.05, 3.63) is 22.4 Å². The van der Waals surface area contributed by atoms with Crippen molar-refractivity contribution in [1.29, 1.82) is 0 Å². The van der Waals surface area contributed by atoms with E-state index in [2.05, 4.69) is 20.7 Å². The third-order valence-corrected chi connectivity index (χ3v) is 5.96. The molecule has 0 bridgehead atoms. The summed E-state index contributed by atoms with van der Waals surface area (Å²) in [6.07, 6.45) is 0. The smallest absolute Gasteiger partial charge is 0.242 e. The number of rotatable bonds is 6. The molecular formula is C11H16BrFN2O2S2. The lowest BCUT2D eigenvalue weighted by atomic mass is 10.3. The summed E-state index contributed by atoms with van der Waals surface area (Å²) in [4.78, 5) is -0.0558. The summed E-state index contributed by atoms with van der Waals surface area (Å²) in [5.41, 5.74) is 5.21. The van der Waals surface area contributed by atoms with Crippen molar-refractivity contribution in [1.82, 2.24) is 4.72 Å². The summed E-state index contributed by atoms with van der Waals surface area (Å²) in [6, 6.07) is 1.95. The molecule has 0 aliphatic rings. The summed E-state index contributed by atoms with van der Waals surface area (Å²) < 4.78 is 40.2. The summed E-state index contributed by atoms with van der Waals surface area (Å²) in [7, 11) is -3.72. The third kappa shape index (κ3) is 4.62. The molecule has 0 fully saturated rings. The van der Waals surface area contributed by atoms with Gasteiger partial charge in [-0.1, -0.05) is 6.92 Å². The SMILES string of the molecule is CCSCC(C)NS(=O)(=O)c1cc(N)c(F)cc1Br. The monoisotopic (exact) mass is 370 g/mol. The standard InChI is InChI=1S/C11H16BrFN2O2S2/c1-3-18-6-7(2)15-19(16,17)11-5-10(14)9(13)4-8(11)12/h4-5,7,15H,3,6,14H2,1-2H3. The molecule has 108 valence electrons. The molecule has 8 heteroatoms. The summed E-state index contributed by atoms with van der Waals surface area (Å²) >= 11 is 4.68. The minimum absolute atomic E-state index is 0.0558. The van der Waals surface area contributed by atoms with E-state index in [1.165, 1.54) is 0 Å². The number of thioether (sulfide) groups is 1. The molecule has 4 nitrogen and oxygen atoms in total. The van der Waals surface area contributed by atoms with Crippen LogP contribution in [-0.4, -0.2) is 26.0 Å². The predicted molar refractivity (Wildman–Crippen MR) is 81.3 cm³/mol. The van der Waals surface area contributed by atoms with E-state index in [4.69, 9.17) is 5.73 Å². The second-order valence-electron chi connectivity index (χ2n) is 3.99. The topological polar surface area (TPSA) is 72.2 Å². The van der Waals surface area contributed by atoms with E-state index in [1.54, 1.807) is 18.7 Å². The van der Waals surface area contributed by atoms with Crippen LogP contribution in [0.5, 0.6) is 0 Å². The van der Waals surface area contributed by atoms with Crippen LogP contribution in [0, 0.1) is 5.82 Å². The van der Waals surface area contributed by atoms with Crippen LogP contribution in [-0.2, 0) is 10.0 Å². The van der Waals surface area contributed by atoms with Gasteiger partial charge in [0.25, 0.3) is 0 Å². The summed E-state index contributed by atoms with van der Waals surface area (Å²) in [5, 5.41) is 0. The van der Waals surface area contributed by atoms with E-state index >= 15 is 0 Å². The third-order valence-electron chi connectivity index (χ3n) is 2.27. The van der Waals surface area contributed by atoms with Crippen molar-refractivity contribution in [2.45, 2.75) is 24.8 Å². The van der Waals surface area contributed by atoms with Crippen LogP contribution in [0.3, 0.4) is 0 Å². The van der Waals surface area contributed by atoms with E-state index in [9.17, 15) is 12.8 Å². The number of nitrogen functional groups attached to an aromatic ring is 1. The van der Waals surface area contributed by atoms with Crippen LogP contribution >= 0.6 is 27.7 Å². The van der Waals surface area contributed by atoms with Gasteiger partial charge in [0.2, 0.25) is 10.0 Å². The first kappa shape index (κ1) is 16.7. The molecule has 3 N–H and O–H groups in total. The van der Waals surface area contributed by atoms with Crippen LogP contribution in [0.15, 0.2) is 21.5 Å². The molecule has 0 spiro atoms. The fraction of sp³-hybridized carbons (Fsp3) is 0.455. The van der Waals surface area contributed by atoms with Gasteiger partial charge in [0, 0.05) is 16.3 Å². The summed E-state index contributed by atoms with van der Waals surface area (Å²) in [6.45, 7) is 3.78. The number of halogens is 2. The molecule has 1 atom stereocenters. The zero-order valence-corrected chi connectivity index (χ0v) is 13.8. The number of sulfonamides is 1. The Hall–Kier alpha value is -0.310. The lowest BCUT2D eigenvalue weighted by Crippen LogP contribution is -2.34. The highest BCUT2D eigenvalue weighted by Crippen LogP contribution is 2.26. The van der Waals surface area contributed by atoms with Gasteiger partial charge in [0.1, 0.15) is 5.82 Å². The Morgan fingerprint density at radius 3 is 2.74 bits per heavy atom. The fourth-order valence-electron chi connectivity index (χ4n) is 1.41. The van der Waals surface area contributed by atoms with Crippen molar-refractivity contribution in [2.75, 3.05) is 17.2 Å².